The molecule has 0 saturated heterocycles. The Morgan fingerprint density at radius 1 is 1.13 bits per heavy atom. The number of ether oxygens (including phenoxy) is 1. The molecule has 0 saturated carbocycles. The van der Waals surface area contributed by atoms with Gasteiger partial charge in [-0.05, 0) is 38.0 Å². The molecule has 1 aromatic heterocycles. The molecule has 30 heavy (non-hydrogen) atoms. The third-order valence-corrected chi connectivity index (χ3v) is 5.75. The Morgan fingerprint density at radius 2 is 1.83 bits per heavy atom. The second-order valence-electron chi connectivity index (χ2n) is 8.08. The number of amides is 1. The number of hydrogen-bond acceptors (Lipinski definition) is 3. The zero-order valence-corrected chi connectivity index (χ0v) is 17.9. The molecular weight excluding hydrogens is 378 g/mol. The molecule has 0 radical (unpaired) electrons. The summed E-state index contributed by atoms with van der Waals surface area (Å²) in [5.74, 6) is 0.835. The fourth-order valence-corrected chi connectivity index (χ4v) is 4.44. The van der Waals surface area contributed by atoms with Crippen molar-refractivity contribution in [3.05, 3.63) is 63.6 Å². The number of benzene rings is 2. The van der Waals surface area contributed by atoms with Crippen LogP contribution in [0.2, 0.25) is 0 Å². The molecule has 6 nitrogen and oxygen atoms in total. The molecule has 0 spiro atoms. The summed E-state index contributed by atoms with van der Waals surface area (Å²) in [6, 6.07) is 11.9. The molecule has 4 rings (SSSR count). The van der Waals surface area contributed by atoms with E-state index in [1.165, 1.54) is 0 Å². The van der Waals surface area contributed by atoms with Crippen molar-refractivity contribution in [3.63, 3.8) is 0 Å². The number of imidazole rings is 1. The molecule has 0 bridgehead atoms. The SMILES string of the molecule is CCCn1c(=O)n(CCC(=O)NC2CCOc3c(C)cc(C)cc32)c2ccccc21. The van der Waals surface area contributed by atoms with E-state index >= 15 is 0 Å². The Hall–Kier alpha value is -3.02. The second-order valence-corrected chi connectivity index (χ2v) is 8.08. The molecule has 1 unspecified atom stereocenters. The Balaban J connectivity index is 1.51. The lowest BCUT2D eigenvalue weighted by Gasteiger charge is -2.28. The van der Waals surface area contributed by atoms with Gasteiger partial charge >= 0.3 is 5.69 Å². The van der Waals surface area contributed by atoms with Crippen LogP contribution in [0.3, 0.4) is 0 Å². The number of nitrogens with one attached hydrogen (secondary N) is 1. The first-order valence-corrected chi connectivity index (χ1v) is 10.7. The highest BCUT2D eigenvalue weighted by atomic mass is 16.5. The molecule has 0 aliphatic carbocycles. The second kappa shape index (κ2) is 8.38. The summed E-state index contributed by atoms with van der Waals surface area (Å²) in [5, 5.41) is 3.16. The zero-order chi connectivity index (χ0) is 21.3. The molecule has 1 amide bonds. The van der Waals surface area contributed by atoms with Crippen molar-refractivity contribution >= 4 is 16.9 Å². The summed E-state index contributed by atoms with van der Waals surface area (Å²) in [6.07, 6.45) is 1.89. The van der Waals surface area contributed by atoms with E-state index in [9.17, 15) is 9.59 Å². The molecule has 2 heterocycles. The molecule has 1 aliphatic heterocycles. The summed E-state index contributed by atoms with van der Waals surface area (Å²) in [4.78, 5) is 25.7. The van der Waals surface area contributed by atoms with Gasteiger partial charge in [-0.3, -0.25) is 13.9 Å². The standard InChI is InChI=1S/C24H29N3O3/c1-4-11-26-20-7-5-6-8-21(20)27(24(26)29)12-9-22(28)25-19-10-13-30-23-17(3)14-16(2)15-18(19)23/h5-8,14-15,19H,4,9-13H2,1-3H3,(H,25,28). The first-order valence-electron chi connectivity index (χ1n) is 10.7. The number of nitrogens with zero attached hydrogens (tertiary/aromatic N) is 2. The molecule has 1 N–H and O–H groups in total. The van der Waals surface area contributed by atoms with E-state index in [0.29, 0.717) is 19.7 Å². The van der Waals surface area contributed by atoms with Crippen LogP contribution >= 0.6 is 0 Å². The molecular formula is C24H29N3O3. The van der Waals surface area contributed by atoms with Gasteiger partial charge in [0, 0.05) is 31.5 Å². The number of hydrogen-bond donors (Lipinski definition) is 1. The van der Waals surface area contributed by atoms with Crippen LogP contribution in [-0.2, 0) is 17.9 Å². The summed E-state index contributed by atoms with van der Waals surface area (Å²) in [5.41, 5.74) is 5.06. The van der Waals surface area contributed by atoms with E-state index in [4.69, 9.17) is 4.74 Å². The molecule has 1 atom stereocenters. The lowest BCUT2D eigenvalue weighted by atomic mass is 9.95. The molecule has 0 fully saturated rings. The van der Waals surface area contributed by atoms with Gasteiger partial charge in [0.05, 0.1) is 23.7 Å². The van der Waals surface area contributed by atoms with E-state index in [2.05, 4.69) is 31.3 Å². The molecule has 158 valence electrons. The molecule has 1 aliphatic rings. The minimum atomic E-state index is -0.0574. The van der Waals surface area contributed by atoms with E-state index in [1.54, 1.807) is 9.13 Å². The Kier molecular flexibility index (Phi) is 5.66. The Bertz CT molecular complexity index is 1140. The third kappa shape index (κ3) is 3.74. The van der Waals surface area contributed by atoms with Crippen molar-refractivity contribution in [2.45, 2.75) is 59.2 Å². The monoisotopic (exact) mass is 407 g/mol. The summed E-state index contributed by atoms with van der Waals surface area (Å²) in [7, 11) is 0. The molecule has 6 heteroatoms. The van der Waals surface area contributed by atoms with Crippen LogP contribution in [0, 0.1) is 13.8 Å². The van der Waals surface area contributed by atoms with Gasteiger partial charge in [0.15, 0.2) is 0 Å². The topological polar surface area (TPSA) is 65.3 Å². The van der Waals surface area contributed by atoms with E-state index < -0.39 is 0 Å². The summed E-state index contributed by atoms with van der Waals surface area (Å²) >= 11 is 0. The average Bonchev–Trinajstić information content (AvgIpc) is 2.99. The van der Waals surface area contributed by atoms with Crippen molar-refractivity contribution < 1.29 is 9.53 Å². The van der Waals surface area contributed by atoms with Gasteiger partial charge in [0.2, 0.25) is 5.91 Å². The van der Waals surface area contributed by atoms with Crippen molar-refractivity contribution in [2.24, 2.45) is 0 Å². The number of para-hydroxylation sites is 2. The van der Waals surface area contributed by atoms with Gasteiger partial charge in [-0.1, -0.05) is 36.8 Å². The van der Waals surface area contributed by atoms with Crippen LogP contribution in [0.15, 0.2) is 41.2 Å². The highest BCUT2D eigenvalue weighted by Gasteiger charge is 2.25. The van der Waals surface area contributed by atoms with Crippen LogP contribution in [0.4, 0.5) is 0 Å². The van der Waals surface area contributed by atoms with E-state index in [0.717, 1.165) is 46.3 Å². The van der Waals surface area contributed by atoms with Crippen molar-refractivity contribution in [1.82, 2.24) is 14.5 Å². The number of fused-ring (bicyclic) bond motifs is 2. The average molecular weight is 408 g/mol. The quantitative estimate of drug-likeness (QED) is 0.675. The number of aryl methyl sites for hydroxylation is 4. The number of aromatic nitrogens is 2. The Labute approximate surface area is 176 Å². The minimum absolute atomic E-state index is 0.0477. The van der Waals surface area contributed by atoms with Gasteiger partial charge in [-0.2, -0.15) is 0 Å². The third-order valence-electron chi connectivity index (χ3n) is 5.75. The predicted molar refractivity (Wildman–Crippen MR) is 118 cm³/mol. The van der Waals surface area contributed by atoms with Crippen LogP contribution in [0.25, 0.3) is 11.0 Å². The van der Waals surface area contributed by atoms with Gasteiger partial charge in [-0.15, -0.1) is 0 Å². The van der Waals surface area contributed by atoms with Gasteiger partial charge in [-0.25, -0.2) is 4.79 Å². The lowest BCUT2D eigenvalue weighted by molar-refractivity contribution is -0.122. The number of carbonyl (C=O) groups is 1. The first kappa shape index (κ1) is 20.3. The molecule has 3 aromatic rings. The maximum atomic E-state index is 12.9. The fourth-order valence-electron chi connectivity index (χ4n) is 4.44. The molecule has 2 aromatic carbocycles. The summed E-state index contributed by atoms with van der Waals surface area (Å²) in [6.45, 7) is 7.78. The minimum Gasteiger partial charge on any atom is -0.493 e. The smallest absolute Gasteiger partial charge is 0.329 e. The van der Waals surface area contributed by atoms with E-state index in [1.807, 2.05) is 31.2 Å². The zero-order valence-electron chi connectivity index (χ0n) is 17.9. The number of carbonyl (C=O) groups excluding carboxylic acids is 1. The lowest BCUT2D eigenvalue weighted by Crippen LogP contribution is -2.34. The highest BCUT2D eigenvalue weighted by molar-refractivity contribution is 5.78. The van der Waals surface area contributed by atoms with Crippen molar-refractivity contribution in [2.75, 3.05) is 6.61 Å². The van der Waals surface area contributed by atoms with Gasteiger partial charge in [0.1, 0.15) is 5.75 Å². The Morgan fingerprint density at radius 3 is 2.53 bits per heavy atom. The van der Waals surface area contributed by atoms with Crippen LogP contribution < -0.4 is 15.7 Å². The van der Waals surface area contributed by atoms with Crippen molar-refractivity contribution in [1.29, 1.82) is 0 Å². The predicted octanol–water partition coefficient (Wildman–Crippen LogP) is 3.86. The number of rotatable bonds is 6. The highest BCUT2D eigenvalue weighted by Crippen LogP contribution is 2.35. The normalized spacial score (nSPS) is 15.6. The van der Waals surface area contributed by atoms with Gasteiger partial charge < -0.3 is 10.1 Å². The van der Waals surface area contributed by atoms with Crippen LogP contribution in [-0.4, -0.2) is 21.6 Å². The maximum Gasteiger partial charge on any atom is 0.329 e. The summed E-state index contributed by atoms with van der Waals surface area (Å²) < 4.78 is 9.36. The maximum absolute atomic E-state index is 12.9. The van der Waals surface area contributed by atoms with Crippen LogP contribution in [0.1, 0.15) is 48.9 Å². The van der Waals surface area contributed by atoms with Crippen LogP contribution in [0.5, 0.6) is 5.75 Å². The fraction of sp³-hybridized carbons (Fsp3) is 0.417. The van der Waals surface area contributed by atoms with Crippen molar-refractivity contribution in [3.8, 4) is 5.75 Å². The van der Waals surface area contributed by atoms with Gasteiger partial charge in [0.25, 0.3) is 0 Å². The van der Waals surface area contributed by atoms with E-state index in [-0.39, 0.29) is 24.1 Å². The largest absolute Gasteiger partial charge is 0.493 e. The first-order chi connectivity index (χ1) is 14.5.